The standard InChI is InChI=1S/C9H8N4O3/c1-12-7-6(8(15)11-9(12)16)13-4(10-7)2-3-5(13)14/h2-3H2,1H3,(H,11,15,16). The number of hydrogen-bond donors (Lipinski definition) is 1. The summed E-state index contributed by atoms with van der Waals surface area (Å²) in [6, 6.07) is 0. The van der Waals surface area contributed by atoms with Crippen LogP contribution >= 0.6 is 0 Å². The van der Waals surface area contributed by atoms with E-state index in [0.29, 0.717) is 18.7 Å². The smallest absolute Gasteiger partial charge is 0.279 e. The molecule has 1 aliphatic heterocycles. The summed E-state index contributed by atoms with van der Waals surface area (Å²) >= 11 is 0. The zero-order valence-corrected chi connectivity index (χ0v) is 8.48. The largest absolute Gasteiger partial charge is 0.329 e. The number of carbonyl (C=O) groups is 1. The van der Waals surface area contributed by atoms with Gasteiger partial charge in [0, 0.05) is 19.9 Å². The fraction of sp³-hybridized carbons (Fsp3) is 0.333. The molecule has 2 aromatic heterocycles. The molecule has 0 atom stereocenters. The van der Waals surface area contributed by atoms with E-state index >= 15 is 0 Å². The summed E-state index contributed by atoms with van der Waals surface area (Å²) in [4.78, 5) is 40.9. The summed E-state index contributed by atoms with van der Waals surface area (Å²) < 4.78 is 2.53. The van der Waals surface area contributed by atoms with Crippen molar-refractivity contribution in [3.8, 4) is 0 Å². The lowest BCUT2D eigenvalue weighted by Crippen LogP contribution is -2.29. The molecule has 3 heterocycles. The topological polar surface area (TPSA) is 89.8 Å². The molecular formula is C9H8N4O3. The maximum Gasteiger partial charge on any atom is 0.329 e. The minimum Gasteiger partial charge on any atom is -0.279 e. The lowest BCUT2D eigenvalue weighted by molar-refractivity contribution is 0.0928. The van der Waals surface area contributed by atoms with Crippen LogP contribution in [0, 0.1) is 0 Å². The molecule has 0 fully saturated rings. The zero-order chi connectivity index (χ0) is 11.4. The van der Waals surface area contributed by atoms with Crippen LogP contribution in [0.4, 0.5) is 0 Å². The first kappa shape index (κ1) is 9.08. The molecular weight excluding hydrogens is 212 g/mol. The second-order valence-electron chi connectivity index (χ2n) is 3.75. The van der Waals surface area contributed by atoms with Crippen LogP contribution in [0.3, 0.4) is 0 Å². The average molecular weight is 220 g/mol. The highest BCUT2D eigenvalue weighted by molar-refractivity contribution is 5.91. The van der Waals surface area contributed by atoms with E-state index in [1.807, 2.05) is 0 Å². The predicted molar refractivity (Wildman–Crippen MR) is 54.5 cm³/mol. The van der Waals surface area contributed by atoms with Gasteiger partial charge in [0.25, 0.3) is 5.56 Å². The molecule has 7 heteroatoms. The van der Waals surface area contributed by atoms with Crippen LogP contribution in [0.1, 0.15) is 17.0 Å². The van der Waals surface area contributed by atoms with Crippen molar-refractivity contribution in [3.05, 3.63) is 26.7 Å². The Morgan fingerprint density at radius 3 is 2.75 bits per heavy atom. The van der Waals surface area contributed by atoms with Gasteiger partial charge in [-0.25, -0.2) is 9.78 Å². The Labute approximate surface area is 88.3 Å². The number of aromatic nitrogens is 4. The van der Waals surface area contributed by atoms with Crippen LogP contribution in [0.25, 0.3) is 11.2 Å². The lowest BCUT2D eigenvalue weighted by atomic mass is 10.3. The Bertz CT molecular complexity index is 734. The van der Waals surface area contributed by atoms with E-state index < -0.39 is 11.2 Å². The van der Waals surface area contributed by atoms with Gasteiger partial charge in [0.05, 0.1) is 0 Å². The van der Waals surface area contributed by atoms with Crippen molar-refractivity contribution >= 4 is 17.1 Å². The summed E-state index contributed by atoms with van der Waals surface area (Å²) in [6.07, 6.45) is 0.877. The van der Waals surface area contributed by atoms with Gasteiger partial charge < -0.3 is 0 Å². The minimum absolute atomic E-state index is 0.151. The van der Waals surface area contributed by atoms with E-state index in [1.54, 1.807) is 0 Å². The number of aryl methyl sites for hydroxylation is 2. The molecule has 3 rings (SSSR count). The normalized spacial score (nSPS) is 14.7. The van der Waals surface area contributed by atoms with Crippen molar-refractivity contribution in [3.63, 3.8) is 0 Å². The van der Waals surface area contributed by atoms with Gasteiger partial charge in [-0.3, -0.25) is 23.7 Å². The van der Waals surface area contributed by atoms with Gasteiger partial charge >= 0.3 is 5.69 Å². The molecule has 82 valence electrons. The number of nitrogens with zero attached hydrogens (tertiary/aromatic N) is 3. The quantitative estimate of drug-likeness (QED) is 0.617. The lowest BCUT2D eigenvalue weighted by Gasteiger charge is -1.98. The Balaban J connectivity index is 2.62. The van der Waals surface area contributed by atoms with Crippen LogP contribution in [-0.2, 0) is 13.5 Å². The number of nitrogens with one attached hydrogen (secondary N) is 1. The third-order valence-electron chi connectivity index (χ3n) is 2.80. The number of carbonyl (C=O) groups excluding carboxylic acids is 1. The summed E-state index contributed by atoms with van der Waals surface area (Å²) in [7, 11) is 1.51. The Morgan fingerprint density at radius 1 is 1.25 bits per heavy atom. The summed E-state index contributed by atoms with van der Waals surface area (Å²) in [5, 5.41) is 0. The van der Waals surface area contributed by atoms with Crippen LogP contribution in [0.2, 0.25) is 0 Å². The van der Waals surface area contributed by atoms with Gasteiger partial charge in [-0.1, -0.05) is 0 Å². The fourth-order valence-corrected chi connectivity index (χ4v) is 1.99. The van der Waals surface area contributed by atoms with E-state index in [1.165, 1.54) is 16.2 Å². The first-order chi connectivity index (χ1) is 7.59. The highest BCUT2D eigenvalue weighted by atomic mass is 16.2. The highest BCUT2D eigenvalue weighted by Crippen LogP contribution is 2.18. The van der Waals surface area contributed by atoms with E-state index in [-0.39, 0.29) is 17.1 Å². The SMILES string of the molecule is Cn1c(=O)[nH]c(=O)c2c1nc1n2C(=O)CC1. The molecule has 0 radical (unpaired) electrons. The number of hydrogen-bond acceptors (Lipinski definition) is 4. The molecule has 7 nitrogen and oxygen atoms in total. The van der Waals surface area contributed by atoms with Crippen molar-refractivity contribution in [2.24, 2.45) is 7.05 Å². The molecule has 0 saturated heterocycles. The van der Waals surface area contributed by atoms with Crippen molar-refractivity contribution in [2.75, 3.05) is 0 Å². The summed E-state index contributed by atoms with van der Waals surface area (Å²) in [5.41, 5.74) is -0.662. The zero-order valence-electron chi connectivity index (χ0n) is 8.48. The molecule has 0 spiro atoms. The molecule has 0 unspecified atom stereocenters. The van der Waals surface area contributed by atoms with E-state index in [2.05, 4.69) is 9.97 Å². The maximum atomic E-state index is 11.6. The number of imidazole rings is 1. The molecule has 0 amide bonds. The highest BCUT2D eigenvalue weighted by Gasteiger charge is 2.26. The average Bonchev–Trinajstić information content (AvgIpc) is 2.76. The first-order valence-electron chi connectivity index (χ1n) is 4.83. The Morgan fingerprint density at radius 2 is 2.00 bits per heavy atom. The Hall–Kier alpha value is -2.18. The molecule has 0 saturated carbocycles. The number of rotatable bonds is 0. The van der Waals surface area contributed by atoms with E-state index in [0.717, 1.165) is 0 Å². The van der Waals surface area contributed by atoms with Crippen molar-refractivity contribution in [2.45, 2.75) is 12.8 Å². The second-order valence-corrected chi connectivity index (χ2v) is 3.75. The second kappa shape index (κ2) is 2.69. The predicted octanol–water partition coefficient (Wildman–Crippen LogP) is -0.990. The summed E-state index contributed by atoms with van der Waals surface area (Å²) in [5.74, 6) is 0.397. The van der Waals surface area contributed by atoms with E-state index in [4.69, 9.17) is 0 Å². The molecule has 1 aliphatic rings. The number of aromatic amines is 1. The molecule has 0 aromatic carbocycles. The number of fused-ring (bicyclic) bond motifs is 3. The molecule has 0 aliphatic carbocycles. The van der Waals surface area contributed by atoms with Crippen molar-refractivity contribution in [1.29, 1.82) is 0 Å². The Kier molecular flexibility index (Phi) is 1.52. The van der Waals surface area contributed by atoms with Gasteiger partial charge in [0.15, 0.2) is 11.2 Å². The fourth-order valence-electron chi connectivity index (χ4n) is 1.99. The van der Waals surface area contributed by atoms with Gasteiger partial charge in [-0.05, 0) is 0 Å². The molecule has 0 bridgehead atoms. The molecule has 1 N–H and O–H groups in total. The third-order valence-corrected chi connectivity index (χ3v) is 2.80. The van der Waals surface area contributed by atoms with E-state index in [9.17, 15) is 14.4 Å². The van der Waals surface area contributed by atoms with Crippen molar-refractivity contribution < 1.29 is 4.79 Å². The monoisotopic (exact) mass is 220 g/mol. The van der Waals surface area contributed by atoms with Crippen LogP contribution in [-0.4, -0.2) is 25.0 Å². The summed E-state index contributed by atoms with van der Waals surface area (Å²) in [6.45, 7) is 0. The maximum absolute atomic E-state index is 11.6. The minimum atomic E-state index is -0.563. The van der Waals surface area contributed by atoms with Gasteiger partial charge in [0.2, 0.25) is 5.91 Å². The van der Waals surface area contributed by atoms with Crippen LogP contribution < -0.4 is 11.2 Å². The van der Waals surface area contributed by atoms with Gasteiger partial charge in [-0.15, -0.1) is 0 Å². The molecule has 2 aromatic rings. The molecule has 16 heavy (non-hydrogen) atoms. The third kappa shape index (κ3) is 0.918. The first-order valence-corrected chi connectivity index (χ1v) is 4.83. The van der Waals surface area contributed by atoms with Crippen LogP contribution in [0.5, 0.6) is 0 Å². The van der Waals surface area contributed by atoms with Gasteiger partial charge in [0.1, 0.15) is 5.82 Å². The van der Waals surface area contributed by atoms with Crippen molar-refractivity contribution in [1.82, 2.24) is 19.1 Å². The van der Waals surface area contributed by atoms with Crippen LogP contribution in [0.15, 0.2) is 9.59 Å². The van der Waals surface area contributed by atoms with Gasteiger partial charge in [-0.2, -0.15) is 0 Å². The number of H-pyrrole nitrogens is 1.